The second-order valence-electron chi connectivity index (χ2n) is 4.42. The fourth-order valence-corrected chi connectivity index (χ4v) is 3.54. The predicted octanol–water partition coefficient (Wildman–Crippen LogP) is 3.91. The molecule has 22 heavy (non-hydrogen) atoms. The van der Waals surface area contributed by atoms with E-state index in [0.717, 1.165) is 5.56 Å². The van der Waals surface area contributed by atoms with Crippen molar-refractivity contribution in [2.75, 3.05) is 6.54 Å². The lowest BCUT2D eigenvalue weighted by Crippen LogP contribution is -2.28. The molecule has 0 N–H and O–H groups in total. The molecule has 3 rings (SSSR count). The molecule has 0 spiro atoms. The van der Waals surface area contributed by atoms with Gasteiger partial charge in [0.05, 0.1) is 4.91 Å². The summed E-state index contributed by atoms with van der Waals surface area (Å²) in [4.78, 5) is 23.1. The van der Waals surface area contributed by atoms with Gasteiger partial charge >= 0.3 is 0 Å². The summed E-state index contributed by atoms with van der Waals surface area (Å²) in [6.45, 7) is 2.44. The van der Waals surface area contributed by atoms with Gasteiger partial charge in [-0.25, -0.2) is 9.37 Å². The average molecular weight is 333 g/mol. The van der Waals surface area contributed by atoms with Crippen molar-refractivity contribution in [3.05, 3.63) is 52.1 Å². The third-order valence-electron chi connectivity index (χ3n) is 2.98. The molecule has 1 aromatic carbocycles. The Balaban J connectivity index is 1.91. The number of thiazole rings is 1. The van der Waals surface area contributed by atoms with E-state index in [1.54, 1.807) is 29.3 Å². The minimum atomic E-state index is -0.297. The minimum absolute atomic E-state index is 0.0906. The van der Waals surface area contributed by atoms with Crippen molar-refractivity contribution < 1.29 is 9.18 Å². The molecule has 1 aliphatic heterocycles. The summed E-state index contributed by atoms with van der Waals surface area (Å²) in [6, 6.07) is 6.03. The van der Waals surface area contributed by atoms with Crippen molar-refractivity contribution in [2.45, 2.75) is 6.92 Å². The van der Waals surface area contributed by atoms with E-state index in [9.17, 15) is 9.18 Å². The number of nitrogens with zero attached hydrogens (tertiary/aromatic N) is 3. The number of benzene rings is 1. The molecule has 7 heteroatoms. The molecule has 1 amide bonds. The Morgan fingerprint density at radius 3 is 2.77 bits per heavy atom. The Labute approximate surface area is 135 Å². The van der Waals surface area contributed by atoms with E-state index < -0.39 is 0 Å². The van der Waals surface area contributed by atoms with E-state index in [1.165, 1.54) is 35.2 Å². The van der Waals surface area contributed by atoms with E-state index in [1.807, 2.05) is 12.3 Å². The van der Waals surface area contributed by atoms with Gasteiger partial charge in [-0.3, -0.25) is 9.69 Å². The van der Waals surface area contributed by atoms with Crippen LogP contribution in [0, 0.1) is 5.82 Å². The van der Waals surface area contributed by atoms with Crippen LogP contribution in [0.25, 0.3) is 6.08 Å². The van der Waals surface area contributed by atoms with E-state index in [2.05, 4.69) is 9.98 Å². The highest BCUT2D eigenvalue weighted by Gasteiger charge is 2.32. The first-order valence-corrected chi connectivity index (χ1v) is 8.32. The lowest BCUT2D eigenvalue weighted by Gasteiger charge is -2.11. The van der Waals surface area contributed by atoms with Crippen LogP contribution in [-0.4, -0.2) is 27.5 Å². The normalized spacial score (nSPS) is 18.6. The molecule has 2 heterocycles. The number of rotatable bonds is 3. The summed E-state index contributed by atoms with van der Waals surface area (Å²) in [7, 11) is 0. The van der Waals surface area contributed by atoms with Crippen molar-refractivity contribution >= 4 is 45.4 Å². The maximum absolute atomic E-state index is 12.9. The third kappa shape index (κ3) is 3.10. The highest BCUT2D eigenvalue weighted by molar-refractivity contribution is 8.18. The first kappa shape index (κ1) is 14.9. The molecule has 1 aliphatic rings. The smallest absolute Gasteiger partial charge is 0.266 e. The molecule has 0 bridgehead atoms. The Bertz CT molecular complexity index is 739. The highest BCUT2D eigenvalue weighted by atomic mass is 32.2. The molecular weight excluding hydrogens is 321 g/mol. The zero-order chi connectivity index (χ0) is 15.5. The number of aromatic nitrogens is 1. The fraction of sp³-hybridized carbons (Fsp3) is 0.133. The number of carbonyl (C=O) groups excluding carboxylic acids is 1. The number of aliphatic imine (C=N–C) groups is 1. The number of thioether (sulfide) groups is 1. The molecule has 1 aromatic heterocycles. The lowest BCUT2D eigenvalue weighted by molar-refractivity contribution is -0.122. The maximum atomic E-state index is 12.9. The molecule has 112 valence electrons. The molecule has 1 saturated heterocycles. The standard InChI is InChI=1S/C15H12FN3OS2/c1-2-19-13(20)12(9-10-3-5-11(16)6-4-10)22-15(19)18-14-17-7-8-21-14/h3-9H,2H2,1H3/b12-9-,18-15+. The summed E-state index contributed by atoms with van der Waals surface area (Å²) in [6.07, 6.45) is 3.43. The topological polar surface area (TPSA) is 45.6 Å². The monoisotopic (exact) mass is 333 g/mol. The van der Waals surface area contributed by atoms with Crippen molar-refractivity contribution in [1.29, 1.82) is 0 Å². The van der Waals surface area contributed by atoms with Gasteiger partial charge in [0.2, 0.25) is 5.13 Å². The number of carbonyl (C=O) groups is 1. The zero-order valence-electron chi connectivity index (χ0n) is 11.7. The van der Waals surface area contributed by atoms with Gasteiger partial charge in [-0.05, 0) is 42.5 Å². The van der Waals surface area contributed by atoms with Gasteiger partial charge in [-0.15, -0.1) is 11.3 Å². The van der Waals surface area contributed by atoms with Crippen LogP contribution >= 0.6 is 23.1 Å². The molecule has 0 aliphatic carbocycles. The maximum Gasteiger partial charge on any atom is 0.266 e. The average Bonchev–Trinajstić information content (AvgIpc) is 3.11. The molecule has 4 nitrogen and oxygen atoms in total. The van der Waals surface area contributed by atoms with Crippen LogP contribution in [0.4, 0.5) is 9.52 Å². The summed E-state index contributed by atoms with van der Waals surface area (Å²) in [5, 5.41) is 3.08. The van der Waals surface area contributed by atoms with E-state index in [0.29, 0.717) is 21.7 Å². The van der Waals surface area contributed by atoms with E-state index in [4.69, 9.17) is 0 Å². The Kier molecular flexibility index (Phi) is 4.35. The quantitative estimate of drug-likeness (QED) is 0.800. The number of amides is 1. The molecule has 0 saturated carbocycles. The Hall–Kier alpha value is -1.99. The van der Waals surface area contributed by atoms with E-state index >= 15 is 0 Å². The molecule has 0 radical (unpaired) electrons. The minimum Gasteiger partial charge on any atom is -0.287 e. The molecule has 2 aromatic rings. The lowest BCUT2D eigenvalue weighted by atomic mass is 10.2. The van der Waals surface area contributed by atoms with Crippen LogP contribution in [-0.2, 0) is 4.79 Å². The van der Waals surface area contributed by atoms with Gasteiger partial charge in [0.15, 0.2) is 5.17 Å². The summed E-state index contributed by atoms with van der Waals surface area (Å²) in [5.74, 6) is -0.388. The predicted molar refractivity (Wildman–Crippen MR) is 88.6 cm³/mol. The summed E-state index contributed by atoms with van der Waals surface area (Å²) >= 11 is 2.73. The van der Waals surface area contributed by atoms with Crippen molar-refractivity contribution in [1.82, 2.24) is 9.88 Å². The second kappa shape index (κ2) is 6.41. The van der Waals surface area contributed by atoms with Crippen LogP contribution in [0.3, 0.4) is 0 Å². The van der Waals surface area contributed by atoms with E-state index in [-0.39, 0.29) is 11.7 Å². The second-order valence-corrected chi connectivity index (χ2v) is 6.30. The summed E-state index contributed by atoms with van der Waals surface area (Å²) in [5.41, 5.74) is 0.781. The van der Waals surface area contributed by atoms with Crippen molar-refractivity contribution in [2.24, 2.45) is 4.99 Å². The first-order chi connectivity index (χ1) is 10.7. The van der Waals surface area contributed by atoms with Gasteiger partial charge in [-0.2, -0.15) is 4.99 Å². The number of amidine groups is 1. The third-order valence-corrected chi connectivity index (χ3v) is 4.65. The van der Waals surface area contributed by atoms with Gasteiger partial charge < -0.3 is 0 Å². The summed E-state index contributed by atoms with van der Waals surface area (Å²) < 4.78 is 12.9. The van der Waals surface area contributed by atoms with Crippen molar-refractivity contribution in [3.63, 3.8) is 0 Å². The van der Waals surface area contributed by atoms with Crippen LogP contribution in [0.5, 0.6) is 0 Å². The number of hydrogen-bond donors (Lipinski definition) is 0. The number of hydrogen-bond acceptors (Lipinski definition) is 5. The molecular formula is C15H12FN3OS2. The molecule has 0 atom stereocenters. The van der Waals surface area contributed by atoms with Crippen LogP contribution in [0.15, 0.2) is 45.7 Å². The Morgan fingerprint density at radius 1 is 1.36 bits per heavy atom. The fourth-order valence-electron chi connectivity index (χ4n) is 1.93. The van der Waals surface area contributed by atoms with Crippen molar-refractivity contribution in [3.8, 4) is 0 Å². The highest BCUT2D eigenvalue weighted by Crippen LogP contribution is 2.34. The van der Waals surface area contributed by atoms with Gasteiger partial charge in [0.1, 0.15) is 5.82 Å². The van der Waals surface area contributed by atoms with Gasteiger partial charge in [0, 0.05) is 18.1 Å². The number of likely N-dealkylation sites (N-methyl/N-ethyl adjacent to an activating group) is 1. The molecule has 1 fully saturated rings. The SMILES string of the molecule is CCN1C(=O)/C(=C/c2ccc(F)cc2)S/C1=N/c1nccs1. The van der Waals surface area contributed by atoms with Crippen LogP contribution < -0.4 is 0 Å². The van der Waals surface area contributed by atoms with Gasteiger partial charge in [0.25, 0.3) is 5.91 Å². The Morgan fingerprint density at radius 2 is 2.14 bits per heavy atom. The zero-order valence-corrected chi connectivity index (χ0v) is 13.3. The number of halogens is 1. The van der Waals surface area contributed by atoms with Gasteiger partial charge in [-0.1, -0.05) is 12.1 Å². The largest absolute Gasteiger partial charge is 0.287 e. The van der Waals surface area contributed by atoms with Crippen LogP contribution in [0.1, 0.15) is 12.5 Å². The first-order valence-electron chi connectivity index (χ1n) is 6.62. The molecule has 0 unspecified atom stereocenters. The van der Waals surface area contributed by atoms with Crippen LogP contribution in [0.2, 0.25) is 0 Å².